The minimum absolute atomic E-state index is 0.136. The van der Waals surface area contributed by atoms with Crippen molar-refractivity contribution in [1.82, 2.24) is 5.32 Å². The second kappa shape index (κ2) is 7.79. The fourth-order valence-corrected chi connectivity index (χ4v) is 1.72. The van der Waals surface area contributed by atoms with E-state index in [0.29, 0.717) is 0 Å². The standard InChI is InChI=1S/C16H23NO5/c1-11-6-5-7-12(8-11)9-21-10-13(14(18)19)17-15(20)22-16(2,3)4/h5-8,13H,9-10H2,1-4H3,(H,17,20)(H,18,19). The van der Waals surface area contributed by atoms with Crippen LogP contribution in [-0.2, 0) is 20.9 Å². The summed E-state index contributed by atoms with van der Waals surface area (Å²) in [5.41, 5.74) is 1.36. The molecular formula is C16H23NO5. The molecule has 0 spiro atoms. The summed E-state index contributed by atoms with van der Waals surface area (Å²) in [6, 6.07) is 6.57. The van der Waals surface area contributed by atoms with E-state index in [2.05, 4.69) is 5.32 Å². The lowest BCUT2D eigenvalue weighted by molar-refractivity contribution is -0.141. The van der Waals surface area contributed by atoms with E-state index in [4.69, 9.17) is 14.6 Å². The van der Waals surface area contributed by atoms with Crippen LogP contribution in [0.25, 0.3) is 0 Å². The lowest BCUT2D eigenvalue weighted by atomic mass is 10.1. The number of nitrogens with one attached hydrogen (secondary N) is 1. The lowest BCUT2D eigenvalue weighted by Gasteiger charge is -2.22. The molecule has 0 aliphatic carbocycles. The predicted molar refractivity (Wildman–Crippen MR) is 81.6 cm³/mol. The average Bonchev–Trinajstić information content (AvgIpc) is 2.35. The van der Waals surface area contributed by atoms with Gasteiger partial charge in [-0.05, 0) is 33.3 Å². The van der Waals surface area contributed by atoms with Crippen LogP contribution in [0, 0.1) is 6.92 Å². The van der Waals surface area contributed by atoms with E-state index in [1.54, 1.807) is 20.8 Å². The van der Waals surface area contributed by atoms with Gasteiger partial charge in [0.15, 0.2) is 6.04 Å². The molecule has 1 atom stereocenters. The Morgan fingerprint density at radius 3 is 2.55 bits per heavy atom. The monoisotopic (exact) mass is 309 g/mol. The third kappa shape index (κ3) is 7.08. The van der Waals surface area contributed by atoms with E-state index in [1.165, 1.54) is 0 Å². The third-order valence-corrected chi connectivity index (χ3v) is 2.62. The Hall–Kier alpha value is -2.08. The summed E-state index contributed by atoms with van der Waals surface area (Å²) in [7, 11) is 0. The Labute approximate surface area is 130 Å². The Balaban J connectivity index is 2.48. The molecule has 2 N–H and O–H groups in total. The number of aryl methyl sites for hydroxylation is 1. The third-order valence-electron chi connectivity index (χ3n) is 2.62. The second-order valence-corrected chi connectivity index (χ2v) is 6.04. The molecule has 0 aliphatic rings. The SMILES string of the molecule is Cc1cccc(COCC(NC(=O)OC(C)(C)C)C(=O)O)c1. The average molecular weight is 309 g/mol. The van der Waals surface area contributed by atoms with Crippen molar-refractivity contribution < 1.29 is 24.2 Å². The first-order chi connectivity index (χ1) is 10.2. The van der Waals surface area contributed by atoms with Crippen LogP contribution in [0.15, 0.2) is 24.3 Å². The summed E-state index contributed by atoms with van der Waals surface area (Å²) in [4.78, 5) is 22.7. The molecule has 0 fully saturated rings. The van der Waals surface area contributed by atoms with Crippen molar-refractivity contribution >= 4 is 12.1 Å². The molecule has 1 aromatic rings. The molecule has 0 radical (unpaired) electrons. The van der Waals surface area contributed by atoms with Crippen LogP contribution in [0.2, 0.25) is 0 Å². The van der Waals surface area contributed by atoms with Crippen molar-refractivity contribution in [3.8, 4) is 0 Å². The number of carbonyl (C=O) groups is 2. The van der Waals surface area contributed by atoms with Gasteiger partial charge in [-0.25, -0.2) is 9.59 Å². The quantitative estimate of drug-likeness (QED) is 0.843. The van der Waals surface area contributed by atoms with Crippen LogP contribution in [0.4, 0.5) is 4.79 Å². The number of rotatable bonds is 6. The maximum absolute atomic E-state index is 11.6. The zero-order valence-electron chi connectivity index (χ0n) is 13.4. The fraction of sp³-hybridized carbons (Fsp3) is 0.500. The molecule has 0 heterocycles. The highest BCUT2D eigenvalue weighted by Crippen LogP contribution is 2.08. The van der Waals surface area contributed by atoms with Gasteiger partial charge in [-0.2, -0.15) is 0 Å². The number of hydrogen-bond acceptors (Lipinski definition) is 4. The maximum atomic E-state index is 11.6. The van der Waals surface area contributed by atoms with E-state index in [1.807, 2.05) is 31.2 Å². The summed E-state index contributed by atoms with van der Waals surface area (Å²) in [5.74, 6) is -1.17. The van der Waals surface area contributed by atoms with Gasteiger partial charge in [-0.3, -0.25) is 0 Å². The molecule has 1 amide bonds. The number of carbonyl (C=O) groups excluding carboxylic acids is 1. The van der Waals surface area contributed by atoms with Gasteiger partial charge in [-0.15, -0.1) is 0 Å². The van der Waals surface area contributed by atoms with Crippen molar-refractivity contribution in [2.45, 2.75) is 45.9 Å². The number of benzene rings is 1. The Bertz CT molecular complexity index is 522. The minimum atomic E-state index is -1.17. The number of carboxylic acid groups (broad SMARTS) is 1. The molecule has 0 aromatic heterocycles. The Kier molecular flexibility index (Phi) is 6.37. The number of alkyl carbamates (subject to hydrolysis) is 1. The van der Waals surface area contributed by atoms with E-state index in [0.717, 1.165) is 11.1 Å². The second-order valence-electron chi connectivity index (χ2n) is 6.04. The largest absolute Gasteiger partial charge is 0.480 e. The van der Waals surface area contributed by atoms with E-state index in [-0.39, 0.29) is 13.2 Å². The number of hydrogen-bond donors (Lipinski definition) is 2. The van der Waals surface area contributed by atoms with Crippen LogP contribution in [0.5, 0.6) is 0 Å². The van der Waals surface area contributed by atoms with Crippen LogP contribution in [-0.4, -0.2) is 35.4 Å². The first-order valence-electron chi connectivity index (χ1n) is 7.03. The van der Waals surface area contributed by atoms with Gasteiger partial charge < -0.3 is 19.9 Å². The van der Waals surface area contributed by atoms with Crippen molar-refractivity contribution in [2.24, 2.45) is 0 Å². The molecule has 1 rings (SSSR count). The molecule has 122 valence electrons. The summed E-state index contributed by atoms with van der Waals surface area (Å²) >= 11 is 0. The molecule has 0 aliphatic heterocycles. The fourth-order valence-electron chi connectivity index (χ4n) is 1.72. The number of aliphatic carboxylic acids is 1. The number of ether oxygens (including phenoxy) is 2. The van der Waals surface area contributed by atoms with Gasteiger partial charge in [0.05, 0.1) is 13.2 Å². The molecule has 0 saturated carbocycles. The summed E-state index contributed by atoms with van der Waals surface area (Å²) < 4.78 is 10.4. The molecule has 6 nitrogen and oxygen atoms in total. The number of carboxylic acids is 1. The molecule has 6 heteroatoms. The van der Waals surface area contributed by atoms with Crippen molar-refractivity contribution in [1.29, 1.82) is 0 Å². The van der Waals surface area contributed by atoms with Gasteiger partial charge in [0, 0.05) is 0 Å². The highest BCUT2D eigenvalue weighted by Gasteiger charge is 2.24. The van der Waals surface area contributed by atoms with Gasteiger partial charge in [0.2, 0.25) is 0 Å². The van der Waals surface area contributed by atoms with E-state index >= 15 is 0 Å². The van der Waals surface area contributed by atoms with Crippen molar-refractivity contribution in [3.05, 3.63) is 35.4 Å². The van der Waals surface area contributed by atoms with Crippen LogP contribution in [0.3, 0.4) is 0 Å². The smallest absolute Gasteiger partial charge is 0.408 e. The van der Waals surface area contributed by atoms with Crippen LogP contribution < -0.4 is 5.32 Å². The topological polar surface area (TPSA) is 84.9 Å². The highest BCUT2D eigenvalue weighted by molar-refractivity contribution is 5.80. The van der Waals surface area contributed by atoms with Crippen LogP contribution >= 0.6 is 0 Å². The van der Waals surface area contributed by atoms with Gasteiger partial charge in [-0.1, -0.05) is 29.8 Å². The number of amides is 1. The van der Waals surface area contributed by atoms with Crippen molar-refractivity contribution in [3.63, 3.8) is 0 Å². The first-order valence-corrected chi connectivity index (χ1v) is 7.03. The van der Waals surface area contributed by atoms with Gasteiger partial charge in [0.1, 0.15) is 5.60 Å². The maximum Gasteiger partial charge on any atom is 0.408 e. The molecule has 1 unspecified atom stereocenters. The molecular weight excluding hydrogens is 286 g/mol. The normalized spacial score (nSPS) is 12.5. The molecule has 0 saturated heterocycles. The van der Waals surface area contributed by atoms with Crippen molar-refractivity contribution in [2.75, 3.05) is 6.61 Å². The first kappa shape index (κ1) is 18.0. The minimum Gasteiger partial charge on any atom is -0.480 e. The Morgan fingerprint density at radius 1 is 1.32 bits per heavy atom. The lowest BCUT2D eigenvalue weighted by Crippen LogP contribution is -2.46. The van der Waals surface area contributed by atoms with Gasteiger partial charge >= 0.3 is 12.1 Å². The molecule has 0 bridgehead atoms. The summed E-state index contributed by atoms with van der Waals surface area (Å²) in [6.45, 7) is 7.22. The Morgan fingerprint density at radius 2 is 2.00 bits per heavy atom. The highest BCUT2D eigenvalue weighted by atomic mass is 16.6. The summed E-state index contributed by atoms with van der Waals surface area (Å²) in [6.07, 6.45) is -0.779. The summed E-state index contributed by atoms with van der Waals surface area (Å²) in [5, 5.41) is 11.4. The molecule has 1 aromatic carbocycles. The van der Waals surface area contributed by atoms with E-state index < -0.39 is 23.7 Å². The zero-order chi connectivity index (χ0) is 16.8. The molecule has 22 heavy (non-hydrogen) atoms. The predicted octanol–water partition coefficient (Wildman–Crippen LogP) is 2.49. The van der Waals surface area contributed by atoms with Crippen LogP contribution in [0.1, 0.15) is 31.9 Å². The van der Waals surface area contributed by atoms with E-state index in [9.17, 15) is 9.59 Å². The van der Waals surface area contributed by atoms with Gasteiger partial charge in [0.25, 0.3) is 0 Å². The zero-order valence-corrected chi connectivity index (χ0v) is 13.4.